The van der Waals surface area contributed by atoms with Gasteiger partial charge in [-0.05, 0) is 18.8 Å². The average Bonchev–Trinajstić information content (AvgIpc) is 2.77. The predicted octanol–water partition coefficient (Wildman–Crippen LogP) is 1.73. The first-order valence-electron chi connectivity index (χ1n) is 5.73. The lowest BCUT2D eigenvalue weighted by molar-refractivity contribution is 0.280. The molecule has 16 heavy (non-hydrogen) atoms. The maximum absolute atomic E-state index is 8.69. The van der Waals surface area contributed by atoms with Crippen LogP contribution in [0.15, 0.2) is 17.5 Å². The number of nitrogens with zero attached hydrogens (tertiary/aromatic N) is 3. The molecular formula is C11H18N4O. The number of hydrogen-bond donors (Lipinski definition) is 2. The van der Waals surface area contributed by atoms with E-state index < -0.39 is 0 Å². The molecule has 5 nitrogen and oxygen atoms in total. The van der Waals surface area contributed by atoms with Crippen LogP contribution in [0.3, 0.4) is 0 Å². The Morgan fingerprint density at radius 2 is 2.44 bits per heavy atom. The molecule has 2 rings (SSSR count). The Balaban J connectivity index is 2.23. The van der Waals surface area contributed by atoms with Crippen LogP contribution in [0, 0.1) is 5.92 Å². The highest BCUT2D eigenvalue weighted by molar-refractivity contribution is 5.93. The van der Waals surface area contributed by atoms with E-state index in [0.29, 0.717) is 11.9 Å². The van der Waals surface area contributed by atoms with Gasteiger partial charge in [-0.1, -0.05) is 24.9 Å². The van der Waals surface area contributed by atoms with Crippen molar-refractivity contribution in [2.75, 3.05) is 0 Å². The minimum Gasteiger partial charge on any atom is -0.409 e. The lowest BCUT2D eigenvalue weighted by Gasteiger charge is -2.28. The van der Waals surface area contributed by atoms with Gasteiger partial charge in [0, 0.05) is 18.4 Å². The molecule has 1 aromatic heterocycles. The van der Waals surface area contributed by atoms with Crippen molar-refractivity contribution in [2.45, 2.75) is 38.6 Å². The molecule has 2 unspecified atom stereocenters. The topological polar surface area (TPSA) is 76.4 Å². The van der Waals surface area contributed by atoms with Crippen molar-refractivity contribution < 1.29 is 5.21 Å². The fourth-order valence-corrected chi connectivity index (χ4v) is 2.51. The van der Waals surface area contributed by atoms with Crippen LogP contribution in [-0.2, 0) is 0 Å². The Labute approximate surface area is 95.0 Å². The van der Waals surface area contributed by atoms with Gasteiger partial charge in [-0.25, -0.2) is 4.98 Å². The normalized spacial score (nSPS) is 26.9. The van der Waals surface area contributed by atoms with Gasteiger partial charge in [0.25, 0.3) is 0 Å². The maximum atomic E-state index is 8.69. The summed E-state index contributed by atoms with van der Waals surface area (Å²) in [5.74, 6) is 1.39. The van der Waals surface area contributed by atoms with Gasteiger partial charge in [-0.15, -0.1) is 0 Å². The van der Waals surface area contributed by atoms with Crippen molar-refractivity contribution in [1.82, 2.24) is 9.55 Å². The summed E-state index contributed by atoms with van der Waals surface area (Å²) in [6.07, 6.45) is 8.43. The monoisotopic (exact) mass is 222 g/mol. The Bertz CT molecular complexity index is 385. The van der Waals surface area contributed by atoms with E-state index in [-0.39, 0.29) is 5.84 Å². The molecular weight excluding hydrogens is 204 g/mol. The molecule has 1 fully saturated rings. The first kappa shape index (κ1) is 11.0. The fourth-order valence-electron chi connectivity index (χ4n) is 2.51. The number of imidazole rings is 1. The van der Waals surface area contributed by atoms with Gasteiger partial charge in [0.2, 0.25) is 5.84 Å². The molecule has 2 atom stereocenters. The molecule has 1 aromatic rings. The number of aromatic nitrogens is 2. The average molecular weight is 222 g/mol. The van der Waals surface area contributed by atoms with E-state index in [4.69, 9.17) is 10.9 Å². The van der Waals surface area contributed by atoms with Crippen LogP contribution in [0.25, 0.3) is 0 Å². The Morgan fingerprint density at radius 3 is 3.12 bits per heavy atom. The summed E-state index contributed by atoms with van der Waals surface area (Å²) in [6, 6.07) is 0.432. The molecule has 0 radical (unpaired) electrons. The van der Waals surface area contributed by atoms with Crippen molar-refractivity contribution in [3.05, 3.63) is 18.2 Å². The first-order chi connectivity index (χ1) is 7.72. The largest absolute Gasteiger partial charge is 0.409 e. The quantitative estimate of drug-likeness (QED) is 0.346. The summed E-state index contributed by atoms with van der Waals surface area (Å²) in [6.45, 7) is 2.27. The van der Waals surface area contributed by atoms with Crippen LogP contribution < -0.4 is 5.73 Å². The smallest absolute Gasteiger partial charge is 0.206 e. The molecule has 0 bridgehead atoms. The zero-order chi connectivity index (χ0) is 11.5. The molecule has 1 heterocycles. The third kappa shape index (κ3) is 2.03. The lowest BCUT2D eigenvalue weighted by Crippen LogP contribution is -2.24. The molecule has 1 aliphatic carbocycles. The number of nitrogens with two attached hydrogens (primary N) is 1. The molecule has 0 aliphatic heterocycles. The van der Waals surface area contributed by atoms with Gasteiger partial charge < -0.3 is 15.5 Å². The van der Waals surface area contributed by atoms with Crippen molar-refractivity contribution in [2.24, 2.45) is 16.8 Å². The van der Waals surface area contributed by atoms with E-state index in [0.717, 1.165) is 18.8 Å². The van der Waals surface area contributed by atoms with Crippen molar-refractivity contribution in [1.29, 1.82) is 0 Å². The fraction of sp³-hybridized carbons (Fsp3) is 0.636. The third-order valence-electron chi connectivity index (χ3n) is 3.31. The van der Waals surface area contributed by atoms with E-state index in [2.05, 4.69) is 17.1 Å². The van der Waals surface area contributed by atoms with Gasteiger partial charge in [-0.3, -0.25) is 0 Å². The third-order valence-corrected chi connectivity index (χ3v) is 3.31. The summed E-state index contributed by atoms with van der Waals surface area (Å²) in [4.78, 5) is 4.13. The van der Waals surface area contributed by atoms with E-state index in [1.165, 1.54) is 12.8 Å². The van der Waals surface area contributed by atoms with Crippen LogP contribution in [-0.4, -0.2) is 20.6 Å². The van der Waals surface area contributed by atoms with Gasteiger partial charge >= 0.3 is 0 Å². The summed E-state index contributed by atoms with van der Waals surface area (Å²) in [5.41, 5.74) is 5.60. The molecule has 0 amide bonds. The zero-order valence-corrected chi connectivity index (χ0v) is 9.50. The van der Waals surface area contributed by atoms with Crippen LogP contribution in [0.1, 0.15) is 44.5 Å². The van der Waals surface area contributed by atoms with Gasteiger partial charge in [0.15, 0.2) is 5.82 Å². The second kappa shape index (κ2) is 4.55. The number of rotatable bonds is 2. The second-order valence-corrected chi connectivity index (χ2v) is 4.57. The minimum absolute atomic E-state index is 0.0863. The second-order valence-electron chi connectivity index (χ2n) is 4.57. The Hall–Kier alpha value is -1.52. The van der Waals surface area contributed by atoms with Crippen LogP contribution in [0.4, 0.5) is 0 Å². The Kier molecular flexibility index (Phi) is 3.12. The lowest BCUT2D eigenvalue weighted by atomic mass is 9.87. The van der Waals surface area contributed by atoms with E-state index in [1.54, 1.807) is 6.20 Å². The SMILES string of the molecule is CC1CCCC(n2ccnc2C(N)=NO)C1. The molecule has 0 spiro atoms. The molecule has 0 aromatic carbocycles. The standard InChI is InChI=1S/C11H18N4O/c1-8-3-2-4-9(7-8)15-6-5-13-11(15)10(12)14-16/h5-6,8-9,16H,2-4,7H2,1H3,(H2,12,14). The number of oxime groups is 1. The van der Waals surface area contributed by atoms with Crippen LogP contribution >= 0.6 is 0 Å². The predicted molar refractivity (Wildman–Crippen MR) is 61.4 cm³/mol. The minimum atomic E-state index is 0.0863. The van der Waals surface area contributed by atoms with E-state index in [1.807, 2.05) is 10.8 Å². The molecule has 1 aliphatic rings. The first-order valence-corrected chi connectivity index (χ1v) is 5.73. The molecule has 88 valence electrons. The summed E-state index contributed by atoms with van der Waals surface area (Å²) in [7, 11) is 0. The van der Waals surface area contributed by atoms with Crippen LogP contribution in [0.5, 0.6) is 0 Å². The van der Waals surface area contributed by atoms with Gasteiger partial charge in [-0.2, -0.15) is 0 Å². The van der Waals surface area contributed by atoms with Crippen LogP contribution in [0.2, 0.25) is 0 Å². The summed E-state index contributed by atoms with van der Waals surface area (Å²) < 4.78 is 2.03. The number of amidine groups is 1. The highest BCUT2D eigenvalue weighted by Gasteiger charge is 2.22. The maximum Gasteiger partial charge on any atom is 0.206 e. The Morgan fingerprint density at radius 1 is 1.62 bits per heavy atom. The summed E-state index contributed by atoms with van der Waals surface area (Å²) >= 11 is 0. The van der Waals surface area contributed by atoms with Crippen molar-refractivity contribution >= 4 is 5.84 Å². The summed E-state index contributed by atoms with van der Waals surface area (Å²) in [5, 5.41) is 11.7. The molecule has 0 saturated heterocycles. The molecule has 3 N–H and O–H groups in total. The van der Waals surface area contributed by atoms with Crippen molar-refractivity contribution in [3.8, 4) is 0 Å². The number of hydrogen-bond acceptors (Lipinski definition) is 3. The highest BCUT2D eigenvalue weighted by Crippen LogP contribution is 2.32. The van der Waals surface area contributed by atoms with Gasteiger partial charge in [0.05, 0.1) is 0 Å². The molecule has 5 heteroatoms. The zero-order valence-electron chi connectivity index (χ0n) is 9.50. The van der Waals surface area contributed by atoms with E-state index >= 15 is 0 Å². The van der Waals surface area contributed by atoms with Crippen molar-refractivity contribution in [3.63, 3.8) is 0 Å². The van der Waals surface area contributed by atoms with E-state index in [9.17, 15) is 0 Å². The van der Waals surface area contributed by atoms with Gasteiger partial charge in [0.1, 0.15) is 0 Å². The highest BCUT2D eigenvalue weighted by atomic mass is 16.4. The molecule has 1 saturated carbocycles.